The topological polar surface area (TPSA) is 62.4 Å². The lowest BCUT2D eigenvalue weighted by Gasteiger charge is -2.30. The number of piperidine rings is 1. The minimum Gasteiger partial charge on any atom is -0.497 e. The molecule has 3 aromatic rings. The van der Waals surface area contributed by atoms with Gasteiger partial charge in [-0.05, 0) is 56.2 Å². The molecule has 0 saturated carbocycles. The zero-order valence-corrected chi connectivity index (χ0v) is 16.5. The van der Waals surface area contributed by atoms with Gasteiger partial charge in [0.1, 0.15) is 9.96 Å². The number of hydrogen-bond donors (Lipinski definition) is 1. The number of aromatic nitrogens is 1. The number of ether oxygens (including phenoxy) is 1. The van der Waals surface area contributed by atoms with Crippen LogP contribution >= 0.6 is 11.3 Å². The predicted molar refractivity (Wildman–Crippen MR) is 105 cm³/mol. The number of hydrogen-bond acceptors (Lipinski definition) is 4. The molecule has 1 aliphatic rings. The van der Waals surface area contributed by atoms with Crippen molar-refractivity contribution >= 4 is 32.3 Å². The first-order valence-corrected chi connectivity index (χ1v) is 11.0. The van der Waals surface area contributed by atoms with Crippen molar-refractivity contribution in [3.63, 3.8) is 0 Å². The number of sulfonamides is 1. The van der Waals surface area contributed by atoms with Crippen LogP contribution in [0, 0.1) is 6.92 Å². The Morgan fingerprint density at radius 1 is 1.15 bits per heavy atom. The first-order chi connectivity index (χ1) is 12.5. The highest BCUT2D eigenvalue weighted by atomic mass is 32.2. The van der Waals surface area contributed by atoms with Gasteiger partial charge in [0.15, 0.2) is 0 Å². The van der Waals surface area contributed by atoms with Gasteiger partial charge >= 0.3 is 0 Å². The Hall–Kier alpha value is -1.83. The smallest absolute Gasteiger partial charge is 0.252 e. The Bertz CT molecular complexity index is 1030. The van der Waals surface area contributed by atoms with Gasteiger partial charge in [-0.2, -0.15) is 4.31 Å². The van der Waals surface area contributed by atoms with Crippen molar-refractivity contribution < 1.29 is 13.2 Å². The fourth-order valence-corrected chi connectivity index (χ4v) is 6.47. The van der Waals surface area contributed by atoms with Crippen molar-refractivity contribution in [2.45, 2.75) is 29.9 Å². The Balaban J connectivity index is 1.50. The third-order valence-electron chi connectivity index (χ3n) is 5.05. The number of benzene rings is 1. The molecular formula is C19H22N2O3S2. The number of nitrogens with zero attached hydrogens (tertiary/aromatic N) is 1. The lowest BCUT2D eigenvalue weighted by molar-refractivity contribution is 0.318. The molecule has 1 aliphatic heterocycles. The average molecular weight is 391 g/mol. The van der Waals surface area contributed by atoms with E-state index in [1.54, 1.807) is 17.5 Å². The molecule has 0 amide bonds. The van der Waals surface area contributed by atoms with Gasteiger partial charge in [0.2, 0.25) is 0 Å². The van der Waals surface area contributed by atoms with Crippen LogP contribution in [0.2, 0.25) is 0 Å². The predicted octanol–water partition coefficient (Wildman–Crippen LogP) is 4.11. The van der Waals surface area contributed by atoms with Crippen molar-refractivity contribution in [3.05, 3.63) is 47.0 Å². The van der Waals surface area contributed by atoms with Crippen LogP contribution in [0.25, 0.3) is 10.9 Å². The SMILES string of the molecule is COc1ccc2[nH]c(C3CCN(S(=O)(=O)c4ccc(C)s4)CC3)cc2c1. The second-order valence-electron chi connectivity index (χ2n) is 6.72. The van der Waals surface area contributed by atoms with Crippen molar-refractivity contribution in [3.8, 4) is 5.75 Å². The summed E-state index contributed by atoms with van der Waals surface area (Å²) in [6, 6.07) is 11.7. The maximum Gasteiger partial charge on any atom is 0.252 e. The number of thiophene rings is 1. The summed E-state index contributed by atoms with van der Waals surface area (Å²) in [7, 11) is -1.69. The lowest BCUT2D eigenvalue weighted by Crippen LogP contribution is -2.37. The number of H-pyrrole nitrogens is 1. The third kappa shape index (κ3) is 3.15. The van der Waals surface area contributed by atoms with E-state index < -0.39 is 10.0 Å². The summed E-state index contributed by atoms with van der Waals surface area (Å²) in [5.41, 5.74) is 2.27. The van der Waals surface area contributed by atoms with Gasteiger partial charge in [0.05, 0.1) is 7.11 Å². The van der Waals surface area contributed by atoms with Crippen molar-refractivity contribution in [2.75, 3.05) is 20.2 Å². The van der Waals surface area contributed by atoms with Crippen LogP contribution in [-0.4, -0.2) is 37.9 Å². The summed E-state index contributed by atoms with van der Waals surface area (Å²) in [4.78, 5) is 4.50. The summed E-state index contributed by atoms with van der Waals surface area (Å²) in [6.07, 6.45) is 1.65. The van der Waals surface area contributed by atoms with Gasteiger partial charge in [-0.15, -0.1) is 11.3 Å². The highest BCUT2D eigenvalue weighted by Crippen LogP contribution is 2.34. The summed E-state index contributed by atoms with van der Waals surface area (Å²) in [5.74, 6) is 1.19. The Morgan fingerprint density at radius 3 is 2.58 bits per heavy atom. The normalized spacial score (nSPS) is 17.0. The summed E-state index contributed by atoms with van der Waals surface area (Å²) < 4.78 is 32.9. The zero-order chi connectivity index (χ0) is 18.3. The van der Waals surface area contributed by atoms with Crippen LogP contribution in [-0.2, 0) is 10.0 Å². The van der Waals surface area contributed by atoms with Gasteiger partial charge in [-0.3, -0.25) is 0 Å². The van der Waals surface area contributed by atoms with E-state index in [1.165, 1.54) is 17.0 Å². The summed E-state index contributed by atoms with van der Waals surface area (Å²) in [5, 5.41) is 1.13. The summed E-state index contributed by atoms with van der Waals surface area (Å²) >= 11 is 1.34. The molecule has 1 saturated heterocycles. The molecule has 0 aliphatic carbocycles. The highest BCUT2D eigenvalue weighted by Gasteiger charge is 2.31. The van der Waals surface area contributed by atoms with E-state index in [0.29, 0.717) is 23.2 Å². The molecule has 138 valence electrons. The Kier molecular flexibility index (Phi) is 4.54. The number of fused-ring (bicyclic) bond motifs is 1. The van der Waals surface area contributed by atoms with E-state index in [0.717, 1.165) is 34.4 Å². The van der Waals surface area contributed by atoms with E-state index in [9.17, 15) is 8.42 Å². The molecule has 1 fully saturated rings. The molecular weight excluding hydrogens is 368 g/mol. The fraction of sp³-hybridized carbons (Fsp3) is 0.368. The number of aromatic amines is 1. The third-order valence-corrected chi connectivity index (χ3v) is 8.42. The van der Waals surface area contributed by atoms with Crippen LogP contribution < -0.4 is 4.74 Å². The van der Waals surface area contributed by atoms with Crippen LogP contribution in [0.3, 0.4) is 0 Å². The largest absolute Gasteiger partial charge is 0.497 e. The van der Waals surface area contributed by atoms with Crippen LogP contribution in [0.5, 0.6) is 5.75 Å². The lowest BCUT2D eigenvalue weighted by atomic mass is 9.95. The number of rotatable bonds is 4. The molecule has 0 unspecified atom stereocenters. The van der Waals surface area contributed by atoms with Crippen molar-refractivity contribution in [2.24, 2.45) is 0 Å². The van der Waals surface area contributed by atoms with E-state index in [1.807, 2.05) is 31.2 Å². The quantitative estimate of drug-likeness (QED) is 0.729. The number of aryl methyl sites for hydroxylation is 1. The molecule has 2 aromatic heterocycles. The fourth-order valence-electron chi connectivity index (χ4n) is 3.57. The minimum atomic E-state index is -3.36. The van der Waals surface area contributed by atoms with Crippen molar-refractivity contribution in [1.82, 2.24) is 9.29 Å². The zero-order valence-electron chi connectivity index (χ0n) is 14.9. The van der Waals surface area contributed by atoms with Gasteiger partial charge in [-0.1, -0.05) is 0 Å². The molecule has 7 heteroatoms. The molecule has 0 spiro atoms. The number of methoxy groups -OCH3 is 1. The molecule has 26 heavy (non-hydrogen) atoms. The standard InChI is InChI=1S/C19H22N2O3S2/c1-13-3-6-19(25-13)26(22,23)21-9-7-14(8-10-21)18-12-15-11-16(24-2)4-5-17(15)20-18/h3-6,11-12,14,20H,7-10H2,1-2H3. The second-order valence-corrected chi connectivity index (χ2v) is 10.2. The van der Waals surface area contributed by atoms with E-state index >= 15 is 0 Å². The average Bonchev–Trinajstić information content (AvgIpc) is 3.27. The molecule has 3 heterocycles. The second kappa shape index (κ2) is 6.72. The minimum absolute atomic E-state index is 0.352. The first kappa shape index (κ1) is 17.6. The van der Waals surface area contributed by atoms with Gasteiger partial charge in [0.25, 0.3) is 10.0 Å². The van der Waals surface area contributed by atoms with Crippen LogP contribution in [0.1, 0.15) is 29.3 Å². The van der Waals surface area contributed by atoms with Gasteiger partial charge in [-0.25, -0.2) is 8.42 Å². The van der Waals surface area contributed by atoms with E-state index in [2.05, 4.69) is 11.1 Å². The van der Waals surface area contributed by atoms with Crippen molar-refractivity contribution in [1.29, 1.82) is 0 Å². The molecule has 5 nitrogen and oxygen atoms in total. The molecule has 4 rings (SSSR count). The number of nitrogens with one attached hydrogen (secondary N) is 1. The molecule has 0 atom stereocenters. The highest BCUT2D eigenvalue weighted by molar-refractivity contribution is 7.91. The maximum absolute atomic E-state index is 12.8. The van der Waals surface area contributed by atoms with E-state index in [-0.39, 0.29) is 0 Å². The Labute approximate surface area is 157 Å². The maximum atomic E-state index is 12.8. The van der Waals surface area contributed by atoms with Crippen LogP contribution in [0.4, 0.5) is 0 Å². The molecule has 0 radical (unpaired) electrons. The molecule has 1 aromatic carbocycles. The Morgan fingerprint density at radius 2 is 1.92 bits per heavy atom. The first-order valence-electron chi connectivity index (χ1n) is 8.70. The van der Waals surface area contributed by atoms with Gasteiger partial charge in [0, 0.05) is 40.5 Å². The monoisotopic (exact) mass is 390 g/mol. The van der Waals surface area contributed by atoms with Crippen LogP contribution in [0.15, 0.2) is 40.6 Å². The van der Waals surface area contributed by atoms with E-state index in [4.69, 9.17) is 4.74 Å². The van der Waals surface area contributed by atoms with Gasteiger partial charge < -0.3 is 9.72 Å². The summed E-state index contributed by atoms with van der Waals surface area (Å²) in [6.45, 7) is 3.05. The molecule has 1 N–H and O–H groups in total. The molecule has 0 bridgehead atoms.